The molecule has 2 bridgehead atoms. The lowest BCUT2D eigenvalue weighted by Gasteiger charge is -2.63. The van der Waals surface area contributed by atoms with E-state index in [1.165, 1.54) is 0 Å². The maximum Gasteiger partial charge on any atom is 0.196 e. The van der Waals surface area contributed by atoms with E-state index in [9.17, 15) is 10.0 Å². The average Bonchev–Trinajstić information content (AvgIpc) is 2.88. The van der Waals surface area contributed by atoms with Gasteiger partial charge < -0.3 is 19.3 Å². The minimum absolute atomic E-state index is 0. The fourth-order valence-electron chi connectivity index (χ4n) is 5.99. The van der Waals surface area contributed by atoms with Gasteiger partial charge >= 0.3 is 0 Å². The van der Waals surface area contributed by atoms with E-state index in [4.69, 9.17) is 9.47 Å². The molecule has 0 radical (unpaired) electrons. The molecule has 3 aliphatic carbocycles. The third-order valence-corrected chi connectivity index (χ3v) is 6.95. The number of nitrogens with zero attached hydrogens (tertiary/aromatic N) is 1. The third kappa shape index (κ3) is 1.65. The highest BCUT2D eigenvalue weighted by molar-refractivity contribution is 5.96. The fourth-order valence-corrected chi connectivity index (χ4v) is 5.99. The monoisotopic (exact) mass is 351 g/mol. The Morgan fingerprint density at radius 3 is 2.92 bits per heavy atom. The zero-order valence-corrected chi connectivity index (χ0v) is 14.6. The van der Waals surface area contributed by atoms with Gasteiger partial charge in [0.2, 0.25) is 0 Å². The van der Waals surface area contributed by atoms with E-state index in [0.717, 1.165) is 24.4 Å². The first-order chi connectivity index (χ1) is 11.0. The number of halogens is 1. The van der Waals surface area contributed by atoms with Crippen LogP contribution >= 0.6 is 12.4 Å². The molecule has 0 N–H and O–H groups in total. The smallest absolute Gasteiger partial charge is 0.196 e. The highest BCUT2D eigenvalue weighted by Crippen LogP contribution is 2.67. The van der Waals surface area contributed by atoms with Gasteiger partial charge in [-0.3, -0.25) is 4.79 Å². The van der Waals surface area contributed by atoms with Crippen LogP contribution in [0.15, 0.2) is 35.8 Å². The zero-order chi connectivity index (χ0) is 16.0. The maximum atomic E-state index is 13.0. The van der Waals surface area contributed by atoms with Gasteiger partial charge in [-0.2, -0.15) is 0 Å². The van der Waals surface area contributed by atoms with Crippen LogP contribution in [-0.4, -0.2) is 43.3 Å². The molecule has 6 heteroatoms. The summed E-state index contributed by atoms with van der Waals surface area (Å²) < 4.78 is 11.5. The highest BCUT2D eigenvalue weighted by Gasteiger charge is 2.71. The number of hydroxylamine groups is 3. The number of piperidine rings is 1. The van der Waals surface area contributed by atoms with E-state index in [0.29, 0.717) is 6.54 Å². The normalized spacial score (nSPS) is 50.1. The van der Waals surface area contributed by atoms with Crippen LogP contribution in [0.1, 0.15) is 12.8 Å². The summed E-state index contributed by atoms with van der Waals surface area (Å²) in [7, 11) is 3.43. The van der Waals surface area contributed by atoms with E-state index < -0.39 is 6.10 Å². The largest absolute Gasteiger partial charge is 0.633 e. The van der Waals surface area contributed by atoms with Crippen molar-refractivity contribution >= 4 is 18.2 Å². The van der Waals surface area contributed by atoms with E-state index in [2.05, 4.69) is 6.08 Å². The van der Waals surface area contributed by atoms with Gasteiger partial charge in [0.15, 0.2) is 17.6 Å². The Labute approximate surface area is 147 Å². The number of rotatable bonds is 1. The average molecular weight is 352 g/mol. The second-order valence-electron chi connectivity index (χ2n) is 7.78. The van der Waals surface area contributed by atoms with Crippen molar-refractivity contribution in [1.82, 2.24) is 0 Å². The van der Waals surface area contributed by atoms with Crippen molar-refractivity contribution < 1.29 is 18.9 Å². The van der Waals surface area contributed by atoms with E-state index >= 15 is 0 Å². The summed E-state index contributed by atoms with van der Waals surface area (Å²) >= 11 is 0. The van der Waals surface area contributed by atoms with E-state index in [1.54, 1.807) is 20.2 Å². The van der Waals surface area contributed by atoms with Crippen molar-refractivity contribution in [3.05, 3.63) is 41.0 Å². The van der Waals surface area contributed by atoms with Gasteiger partial charge in [-0.1, -0.05) is 12.2 Å². The summed E-state index contributed by atoms with van der Waals surface area (Å²) in [6.07, 6.45) is 8.90. The molecular weight excluding hydrogens is 330 g/mol. The fraction of sp³-hybridized carbons (Fsp3) is 0.611. The maximum absolute atomic E-state index is 13.0. The van der Waals surface area contributed by atoms with Crippen molar-refractivity contribution in [1.29, 1.82) is 0 Å². The summed E-state index contributed by atoms with van der Waals surface area (Å²) in [4.78, 5) is 12.6. The molecule has 2 saturated heterocycles. The molecule has 3 fully saturated rings. The predicted molar refractivity (Wildman–Crippen MR) is 89.8 cm³/mol. The van der Waals surface area contributed by atoms with Crippen LogP contribution in [0.3, 0.4) is 0 Å². The molecule has 0 aromatic rings. The highest BCUT2D eigenvalue weighted by atomic mass is 35.5. The summed E-state index contributed by atoms with van der Waals surface area (Å²) in [5.41, 5.74) is -0.258. The molecule has 0 aromatic carbocycles. The minimum Gasteiger partial charge on any atom is -0.633 e. The number of ether oxygens (including phenoxy) is 2. The number of likely N-dealkylation sites (tertiary alicyclic amines) is 1. The molecular formula is C18H22ClNO4. The van der Waals surface area contributed by atoms with Crippen LogP contribution in [-0.2, 0) is 14.3 Å². The van der Waals surface area contributed by atoms with Crippen LogP contribution in [0.4, 0.5) is 0 Å². The SMILES string of the molecule is COC1=C2O[C@H]3C(=O)C=C[C@H]4[C@H]5CC(C=C1)C2[C@@]34CC[N+]5(C)[O-].Cl. The summed E-state index contributed by atoms with van der Waals surface area (Å²) in [5.74, 6) is 2.17. The number of carbonyl (C=O) groups excluding carboxylic acids is 1. The molecule has 2 aliphatic heterocycles. The Balaban J connectivity index is 0.00000146. The number of ketones is 1. The Morgan fingerprint density at radius 1 is 1.38 bits per heavy atom. The number of hydrogen-bond donors (Lipinski definition) is 0. The van der Waals surface area contributed by atoms with Crippen molar-refractivity contribution in [2.24, 2.45) is 23.2 Å². The second kappa shape index (κ2) is 4.87. The molecule has 5 rings (SSSR count). The second-order valence-corrected chi connectivity index (χ2v) is 7.78. The van der Waals surface area contributed by atoms with Gasteiger partial charge in [0.25, 0.3) is 0 Å². The summed E-state index contributed by atoms with van der Waals surface area (Å²) in [6, 6.07) is 0.00791. The number of methoxy groups -OCH3 is 1. The van der Waals surface area contributed by atoms with Crippen LogP contribution < -0.4 is 0 Å². The van der Waals surface area contributed by atoms with Crippen molar-refractivity contribution in [3.63, 3.8) is 0 Å². The molecule has 5 aliphatic rings. The lowest BCUT2D eigenvalue weighted by atomic mass is 9.48. The van der Waals surface area contributed by atoms with E-state index in [1.807, 2.05) is 12.2 Å². The van der Waals surface area contributed by atoms with Gasteiger partial charge in [0.05, 0.1) is 26.7 Å². The lowest BCUT2D eigenvalue weighted by molar-refractivity contribution is -0.901. The van der Waals surface area contributed by atoms with Crippen LogP contribution in [0.25, 0.3) is 0 Å². The number of carbonyl (C=O) groups is 1. The Kier molecular flexibility index (Phi) is 3.28. The van der Waals surface area contributed by atoms with Crippen molar-refractivity contribution in [2.75, 3.05) is 20.7 Å². The van der Waals surface area contributed by atoms with Crippen molar-refractivity contribution in [2.45, 2.75) is 25.0 Å². The van der Waals surface area contributed by atoms with Crippen LogP contribution in [0.2, 0.25) is 0 Å². The van der Waals surface area contributed by atoms with Gasteiger partial charge in [-0.25, -0.2) is 0 Å². The first kappa shape index (κ1) is 16.2. The van der Waals surface area contributed by atoms with Gasteiger partial charge in [-0.05, 0) is 18.1 Å². The van der Waals surface area contributed by atoms with Crippen LogP contribution in [0.5, 0.6) is 0 Å². The molecule has 5 nitrogen and oxygen atoms in total. The molecule has 0 amide bonds. The summed E-state index contributed by atoms with van der Waals surface area (Å²) in [6.45, 7) is 0.560. The summed E-state index contributed by atoms with van der Waals surface area (Å²) in [5, 5.41) is 13.0. The van der Waals surface area contributed by atoms with Gasteiger partial charge in [0, 0.05) is 30.1 Å². The molecule has 1 spiro atoms. The number of allylic oxidation sites excluding steroid dienone is 3. The molecule has 24 heavy (non-hydrogen) atoms. The molecule has 0 aromatic heterocycles. The Morgan fingerprint density at radius 2 is 2.17 bits per heavy atom. The molecule has 7 atom stereocenters. The molecule has 2 heterocycles. The third-order valence-electron chi connectivity index (χ3n) is 6.95. The Bertz CT molecular complexity index is 697. The molecule has 130 valence electrons. The van der Waals surface area contributed by atoms with E-state index in [-0.39, 0.29) is 52.0 Å². The quantitative estimate of drug-likeness (QED) is 0.537. The first-order valence-electron chi connectivity index (χ1n) is 8.40. The zero-order valence-electron chi connectivity index (χ0n) is 13.8. The van der Waals surface area contributed by atoms with Gasteiger partial charge in [-0.15, -0.1) is 12.4 Å². The topological polar surface area (TPSA) is 58.6 Å². The Hall–Kier alpha value is -1.30. The predicted octanol–water partition coefficient (Wildman–Crippen LogP) is 2.33. The van der Waals surface area contributed by atoms with Crippen LogP contribution in [0, 0.1) is 28.4 Å². The minimum atomic E-state index is -0.451. The number of hydrogen-bond acceptors (Lipinski definition) is 4. The number of quaternary nitrogens is 1. The molecule has 1 saturated carbocycles. The first-order valence-corrected chi connectivity index (χ1v) is 8.40. The lowest BCUT2D eigenvalue weighted by Crippen LogP contribution is -2.69. The van der Waals surface area contributed by atoms with Crippen molar-refractivity contribution in [3.8, 4) is 0 Å². The standard InChI is InChI=1S/C18H21NO4.ClH/c1-19(21)8-7-18-11-4-5-13(20)17(18)23-16-14(22-2)6-3-10(15(16)18)9-12(11)19;/h3-6,10-12,15,17H,7-9H2,1-2H3;1H/t10?,11-,12+,15?,17-,18-,19?;/m0./s1. The molecule has 3 unspecified atom stereocenters. The van der Waals surface area contributed by atoms with Gasteiger partial charge in [0.1, 0.15) is 5.76 Å².